The Morgan fingerprint density at radius 1 is 1.16 bits per heavy atom. The lowest BCUT2D eigenvalue weighted by atomic mass is 10.0. The lowest BCUT2D eigenvalue weighted by Gasteiger charge is -2.26. The zero-order chi connectivity index (χ0) is 13.7. The van der Waals surface area contributed by atoms with Crippen molar-refractivity contribution in [2.24, 2.45) is 5.73 Å². The molecular formula is C16H22N2O. The summed E-state index contributed by atoms with van der Waals surface area (Å²) in [7, 11) is 0. The molecule has 0 spiro atoms. The molecule has 0 amide bonds. The number of nitrogens with two attached hydrogens (primary N) is 1. The highest BCUT2D eigenvalue weighted by molar-refractivity contribution is 5.55. The van der Waals surface area contributed by atoms with Gasteiger partial charge in [0, 0.05) is 18.3 Å². The summed E-state index contributed by atoms with van der Waals surface area (Å²) in [4.78, 5) is 2.30. The Hall–Kier alpha value is -1.74. The van der Waals surface area contributed by atoms with E-state index in [1.54, 1.807) is 6.26 Å². The molecule has 1 heterocycles. The van der Waals surface area contributed by atoms with E-state index in [1.165, 1.54) is 11.3 Å². The third-order valence-corrected chi connectivity index (χ3v) is 3.43. The van der Waals surface area contributed by atoms with Crippen molar-refractivity contribution in [1.29, 1.82) is 0 Å². The van der Waals surface area contributed by atoms with Gasteiger partial charge in [-0.05, 0) is 37.1 Å². The maximum absolute atomic E-state index is 6.21. The first-order valence-corrected chi connectivity index (χ1v) is 6.88. The number of furan rings is 1. The Morgan fingerprint density at radius 2 is 1.95 bits per heavy atom. The van der Waals surface area contributed by atoms with Crippen molar-refractivity contribution in [1.82, 2.24) is 0 Å². The van der Waals surface area contributed by atoms with Crippen LogP contribution in [0, 0.1) is 0 Å². The maximum atomic E-state index is 6.21. The minimum absolute atomic E-state index is 0.0850. The molecule has 0 bridgehead atoms. The molecular weight excluding hydrogens is 236 g/mol. The number of hydrogen-bond donors (Lipinski definition) is 1. The first kappa shape index (κ1) is 13.7. The second kappa shape index (κ2) is 6.43. The summed E-state index contributed by atoms with van der Waals surface area (Å²) < 4.78 is 5.44. The van der Waals surface area contributed by atoms with Crippen LogP contribution in [0.3, 0.4) is 0 Å². The fraction of sp³-hybridized carbons (Fsp3) is 0.375. The second-order valence-corrected chi connectivity index (χ2v) is 4.67. The first-order chi connectivity index (χ1) is 9.26. The Balaban J connectivity index is 2.27. The number of nitrogens with zero attached hydrogens (tertiary/aromatic N) is 1. The molecule has 1 aromatic heterocycles. The van der Waals surface area contributed by atoms with Crippen molar-refractivity contribution in [3.05, 3.63) is 54.0 Å². The van der Waals surface area contributed by atoms with E-state index >= 15 is 0 Å². The summed E-state index contributed by atoms with van der Waals surface area (Å²) in [5.74, 6) is 0.974. The van der Waals surface area contributed by atoms with Crippen molar-refractivity contribution >= 4 is 5.69 Å². The van der Waals surface area contributed by atoms with Gasteiger partial charge in [0.25, 0.3) is 0 Å². The van der Waals surface area contributed by atoms with Gasteiger partial charge in [-0.25, -0.2) is 0 Å². The normalized spacial score (nSPS) is 12.4. The van der Waals surface area contributed by atoms with Crippen LogP contribution in [-0.2, 0) is 6.54 Å². The number of anilines is 1. The van der Waals surface area contributed by atoms with Gasteiger partial charge >= 0.3 is 0 Å². The van der Waals surface area contributed by atoms with Gasteiger partial charge in [-0.1, -0.05) is 25.1 Å². The Morgan fingerprint density at radius 3 is 2.58 bits per heavy atom. The fourth-order valence-electron chi connectivity index (χ4n) is 2.27. The highest BCUT2D eigenvalue weighted by Crippen LogP contribution is 2.27. The number of para-hydroxylation sites is 1. The van der Waals surface area contributed by atoms with Gasteiger partial charge in [0.05, 0.1) is 12.8 Å². The number of benzene rings is 1. The van der Waals surface area contributed by atoms with Crippen LogP contribution < -0.4 is 10.6 Å². The average molecular weight is 258 g/mol. The lowest BCUT2D eigenvalue weighted by molar-refractivity contribution is 0.503. The minimum Gasteiger partial charge on any atom is -0.467 e. The van der Waals surface area contributed by atoms with Gasteiger partial charge in [-0.15, -0.1) is 0 Å². The maximum Gasteiger partial charge on any atom is 0.123 e. The van der Waals surface area contributed by atoms with E-state index in [1.807, 2.05) is 12.1 Å². The number of hydrogen-bond acceptors (Lipinski definition) is 3. The van der Waals surface area contributed by atoms with E-state index in [-0.39, 0.29) is 6.04 Å². The third kappa shape index (κ3) is 3.18. The predicted octanol–water partition coefficient (Wildman–Crippen LogP) is 3.72. The topological polar surface area (TPSA) is 42.4 Å². The summed E-state index contributed by atoms with van der Waals surface area (Å²) >= 11 is 0. The van der Waals surface area contributed by atoms with Crippen LogP contribution in [-0.4, -0.2) is 6.54 Å². The average Bonchev–Trinajstić information content (AvgIpc) is 2.97. The lowest BCUT2D eigenvalue weighted by Crippen LogP contribution is -2.24. The largest absolute Gasteiger partial charge is 0.467 e. The van der Waals surface area contributed by atoms with Crippen molar-refractivity contribution in [2.75, 3.05) is 11.4 Å². The molecule has 0 saturated carbocycles. The van der Waals surface area contributed by atoms with Gasteiger partial charge < -0.3 is 15.1 Å². The molecule has 2 N–H and O–H groups in total. The monoisotopic (exact) mass is 258 g/mol. The highest BCUT2D eigenvalue weighted by atomic mass is 16.3. The van der Waals surface area contributed by atoms with Crippen LogP contribution in [0.25, 0.3) is 0 Å². The van der Waals surface area contributed by atoms with Gasteiger partial charge in [0.2, 0.25) is 0 Å². The standard InChI is InChI=1S/C16H22N2O/c1-3-15(17)14-9-5-6-10-16(14)18(4-2)12-13-8-7-11-19-13/h5-11,15H,3-4,12,17H2,1-2H3/t15-/m0/s1. The van der Waals surface area contributed by atoms with Gasteiger partial charge in [0.1, 0.15) is 5.76 Å². The third-order valence-electron chi connectivity index (χ3n) is 3.43. The molecule has 0 saturated heterocycles. The van der Waals surface area contributed by atoms with Crippen LogP contribution in [0.15, 0.2) is 47.1 Å². The summed E-state index contributed by atoms with van der Waals surface area (Å²) in [5.41, 5.74) is 8.62. The molecule has 0 aliphatic heterocycles. The van der Waals surface area contributed by atoms with Crippen LogP contribution in [0.2, 0.25) is 0 Å². The van der Waals surface area contributed by atoms with Crippen molar-refractivity contribution in [2.45, 2.75) is 32.9 Å². The summed E-state index contributed by atoms with van der Waals surface area (Å²) in [6.07, 6.45) is 2.65. The molecule has 0 aliphatic carbocycles. The Kier molecular flexibility index (Phi) is 4.63. The molecule has 0 fully saturated rings. The first-order valence-electron chi connectivity index (χ1n) is 6.88. The van der Waals surface area contributed by atoms with Gasteiger partial charge in [-0.3, -0.25) is 0 Å². The smallest absolute Gasteiger partial charge is 0.123 e. The second-order valence-electron chi connectivity index (χ2n) is 4.67. The molecule has 0 aliphatic rings. The van der Waals surface area contributed by atoms with Crippen molar-refractivity contribution < 1.29 is 4.42 Å². The van der Waals surface area contributed by atoms with Gasteiger partial charge in [-0.2, -0.15) is 0 Å². The van der Waals surface area contributed by atoms with E-state index in [9.17, 15) is 0 Å². The molecule has 2 rings (SSSR count). The predicted molar refractivity (Wildman–Crippen MR) is 79.1 cm³/mol. The Bertz CT molecular complexity index is 493. The molecule has 19 heavy (non-hydrogen) atoms. The molecule has 0 unspecified atom stereocenters. The highest BCUT2D eigenvalue weighted by Gasteiger charge is 2.14. The Labute approximate surface area is 115 Å². The molecule has 2 aromatic rings. The fourth-order valence-corrected chi connectivity index (χ4v) is 2.27. The van der Waals surface area contributed by atoms with Gasteiger partial charge in [0.15, 0.2) is 0 Å². The molecule has 1 atom stereocenters. The molecule has 3 heteroatoms. The van der Waals surface area contributed by atoms with Crippen LogP contribution in [0.5, 0.6) is 0 Å². The zero-order valence-electron chi connectivity index (χ0n) is 11.7. The summed E-state index contributed by atoms with van der Waals surface area (Å²) in [5, 5.41) is 0. The number of rotatable bonds is 6. The van der Waals surface area contributed by atoms with Crippen LogP contribution in [0.4, 0.5) is 5.69 Å². The van der Waals surface area contributed by atoms with Crippen molar-refractivity contribution in [3.8, 4) is 0 Å². The molecule has 3 nitrogen and oxygen atoms in total. The quantitative estimate of drug-likeness (QED) is 0.858. The van der Waals surface area contributed by atoms with Crippen LogP contribution in [0.1, 0.15) is 37.6 Å². The molecule has 0 radical (unpaired) electrons. The SMILES string of the molecule is CC[C@H](N)c1ccccc1N(CC)Cc1ccco1. The van der Waals surface area contributed by atoms with E-state index in [0.717, 1.165) is 25.3 Å². The molecule has 1 aromatic carbocycles. The minimum atomic E-state index is 0.0850. The van der Waals surface area contributed by atoms with E-state index in [2.05, 4.69) is 43.0 Å². The van der Waals surface area contributed by atoms with E-state index < -0.39 is 0 Å². The zero-order valence-corrected chi connectivity index (χ0v) is 11.7. The van der Waals surface area contributed by atoms with Crippen molar-refractivity contribution in [3.63, 3.8) is 0 Å². The van der Waals surface area contributed by atoms with E-state index in [4.69, 9.17) is 10.2 Å². The van der Waals surface area contributed by atoms with Crippen LogP contribution >= 0.6 is 0 Å². The summed E-state index contributed by atoms with van der Waals surface area (Å²) in [6, 6.07) is 12.4. The summed E-state index contributed by atoms with van der Waals surface area (Å²) in [6.45, 7) is 5.96. The molecule has 102 valence electrons. The van der Waals surface area contributed by atoms with E-state index in [0.29, 0.717) is 0 Å².